The van der Waals surface area contributed by atoms with Crippen molar-refractivity contribution in [2.24, 2.45) is 5.92 Å². The number of hydrogen-bond acceptors (Lipinski definition) is 3. The van der Waals surface area contributed by atoms with Crippen molar-refractivity contribution < 1.29 is 0 Å². The lowest BCUT2D eigenvalue weighted by Gasteiger charge is -2.34. The van der Waals surface area contributed by atoms with E-state index >= 15 is 0 Å². The summed E-state index contributed by atoms with van der Waals surface area (Å²) in [5.41, 5.74) is 0. The molecule has 0 bridgehead atoms. The Hall–Kier alpha value is -0.830. The van der Waals surface area contributed by atoms with Crippen molar-refractivity contribution in [2.75, 3.05) is 18.0 Å². The fraction of sp³-hybridized carbons (Fsp3) is 0.600. The van der Waals surface area contributed by atoms with Crippen molar-refractivity contribution in [2.45, 2.75) is 18.7 Å². The smallest absolute Gasteiger partial charge is 0.131 e. The van der Waals surface area contributed by atoms with Crippen LogP contribution >= 0.6 is 11.6 Å². The topological polar surface area (TPSA) is 29.0 Å². The second-order valence-electron chi connectivity index (χ2n) is 3.80. The minimum absolute atomic E-state index is 0.313. The van der Waals surface area contributed by atoms with Gasteiger partial charge < -0.3 is 4.90 Å². The van der Waals surface area contributed by atoms with Crippen LogP contribution in [0.3, 0.4) is 0 Å². The van der Waals surface area contributed by atoms with E-state index in [1.807, 2.05) is 6.07 Å². The third-order valence-electron chi connectivity index (χ3n) is 2.69. The third-order valence-corrected chi connectivity index (χ3v) is 3.34. The average molecular weight is 212 g/mol. The minimum atomic E-state index is 0.313. The fourth-order valence-corrected chi connectivity index (χ4v) is 1.97. The van der Waals surface area contributed by atoms with Crippen LogP contribution in [0.5, 0.6) is 0 Å². The van der Waals surface area contributed by atoms with Crippen molar-refractivity contribution in [3.63, 3.8) is 0 Å². The Labute approximate surface area is 89.1 Å². The molecule has 0 radical (unpaired) electrons. The van der Waals surface area contributed by atoms with Crippen LogP contribution in [-0.4, -0.2) is 28.4 Å². The lowest BCUT2D eigenvalue weighted by atomic mass is 10.00. The Balaban J connectivity index is 2.07. The summed E-state index contributed by atoms with van der Waals surface area (Å²) in [7, 11) is 0. The van der Waals surface area contributed by atoms with Crippen LogP contribution in [0.15, 0.2) is 18.6 Å². The molecule has 2 atom stereocenters. The van der Waals surface area contributed by atoms with E-state index in [1.165, 1.54) is 0 Å². The molecule has 2 rings (SSSR count). The maximum absolute atomic E-state index is 6.16. The molecule has 0 amide bonds. The summed E-state index contributed by atoms with van der Waals surface area (Å²) in [4.78, 5) is 10.4. The molecule has 1 aliphatic heterocycles. The Morgan fingerprint density at radius 2 is 2.43 bits per heavy atom. The zero-order chi connectivity index (χ0) is 9.97. The molecular formula is C10H14ClN3. The van der Waals surface area contributed by atoms with Gasteiger partial charge in [0, 0.05) is 24.7 Å². The van der Waals surface area contributed by atoms with Gasteiger partial charge in [0.15, 0.2) is 0 Å². The Bertz CT molecular complexity index is 291. The molecule has 1 aromatic heterocycles. The van der Waals surface area contributed by atoms with E-state index in [9.17, 15) is 0 Å². The number of nitrogens with zero attached hydrogens (tertiary/aromatic N) is 3. The molecule has 0 aliphatic carbocycles. The quantitative estimate of drug-likeness (QED) is 0.665. The normalized spacial score (nSPS) is 27.7. The maximum atomic E-state index is 6.16. The zero-order valence-electron chi connectivity index (χ0n) is 8.23. The van der Waals surface area contributed by atoms with Gasteiger partial charge in [0.05, 0.1) is 0 Å². The van der Waals surface area contributed by atoms with Crippen LogP contribution in [0.25, 0.3) is 0 Å². The number of hydrogen-bond donors (Lipinski definition) is 0. The molecule has 1 aliphatic rings. The van der Waals surface area contributed by atoms with Gasteiger partial charge in [0.25, 0.3) is 0 Å². The lowest BCUT2D eigenvalue weighted by molar-refractivity contribution is 0.452. The maximum Gasteiger partial charge on any atom is 0.131 e. The largest absolute Gasteiger partial charge is 0.356 e. The Morgan fingerprint density at radius 1 is 1.57 bits per heavy atom. The van der Waals surface area contributed by atoms with E-state index in [1.54, 1.807) is 12.5 Å². The molecule has 1 fully saturated rings. The van der Waals surface area contributed by atoms with Crippen molar-refractivity contribution in [1.29, 1.82) is 0 Å². The third kappa shape index (κ3) is 1.98. The predicted molar refractivity (Wildman–Crippen MR) is 57.7 cm³/mol. The highest BCUT2D eigenvalue weighted by molar-refractivity contribution is 6.20. The van der Waals surface area contributed by atoms with Crippen LogP contribution < -0.4 is 4.90 Å². The zero-order valence-corrected chi connectivity index (χ0v) is 8.98. The summed E-state index contributed by atoms with van der Waals surface area (Å²) in [5.74, 6) is 1.54. The Kier molecular flexibility index (Phi) is 2.87. The molecular weight excluding hydrogens is 198 g/mol. The molecule has 2 heterocycles. The standard InChI is InChI=1S/C10H14ClN3/c1-8-6-14(5-3-9(8)11)10-2-4-12-7-13-10/h2,4,7-9H,3,5-6H2,1H3. The number of aromatic nitrogens is 2. The van der Waals surface area contributed by atoms with Gasteiger partial charge in [-0.3, -0.25) is 0 Å². The first-order chi connectivity index (χ1) is 6.77. The minimum Gasteiger partial charge on any atom is -0.356 e. The number of halogens is 1. The van der Waals surface area contributed by atoms with Gasteiger partial charge >= 0.3 is 0 Å². The van der Waals surface area contributed by atoms with E-state index < -0.39 is 0 Å². The van der Waals surface area contributed by atoms with Crippen LogP contribution in [0, 0.1) is 5.92 Å². The molecule has 1 saturated heterocycles. The molecule has 4 heteroatoms. The van der Waals surface area contributed by atoms with Gasteiger partial charge in [-0.05, 0) is 18.4 Å². The van der Waals surface area contributed by atoms with E-state index in [0.717, 1.165) is 25.3 Å². The van der Waals surface area contributed by atoms with Crippen LogP contribution in [0.1, 0.15) is 13.3 Å². The number of rotatable bonds is 1. The molecule has 14 heavy (non-hydrogen) atoms. The summed E-state index contributed by atoms with van der Waals surface area (Å²) in [6.07, 6.45) is 4.40. The molecule has 0 spiro atoms. The van der Waals surface area contributed by atoms with E-state index in [0.29, 0.717) is 11.3 Å². The first kappa shape index (κ1) is 9.71. The number of piperidine rings is 1. The average Bonchev–Trinajstić information content (AvgIpc) is 2.23. The fourth-order valence-electron chi connectivity index (χ4n) is 1.80. The molecule has 0 N–H and O–H groups in total. The van der Waals surface area contributed by atoms with Crippen molar-refractivity contribution in [3.05, 3.63) is 18.6 Å². The molecule has 76 valence electrons. The second kappa shape index (κ2) is 4.13. The summed E-state index contributed by atoms with van der Waals surface area (Å²) >= 11 is 6.16. The van der Waals surface area contributed by atoms with Gasteiger partial charge in [-0.1, -0.05) is 6.92 Å². The molecule has 0 aromatic carbocycles. The van der Waals surface area contributed by atoms with Gasteiger partial charge in [-0.2, -0.15) is 0 Å². The second-order valence-corrected chi connectivity index (χ2v) is 4.36. The highest BCUT2D eigenvalue weighted by Gasteiger charge is 2.24. The monoisotopic (exact) mass is 211 g/mol. The van der Waals surface area contributed by atoms with Crippen LogP contribution in [-0.2, 0) is 0 Å². The molecule has 0 saturated carbocycles. The van der Waals surface area contributed by atoms with Gasteiger partial charge in [-0.25, -0.2) is 9.97 Å². The number of anilines is 1. The number of alkyl halides is 1. The highest BCUT2D eigenvalue weighted by Crippen LogP contribution is 2.24. The molecule has 3 nitrogen and oxygen atoms in total. The van der Waals surface area contributed by atoms with Gasteiger partial charge in [0.2, 0.25) is 0 Å². The highest BCUT2D eigenvalue weighted by atomic mass is 35.5. The van der Waals surface area contributed by atoms with E-state index in [4.69, 9.17) is 11.6 Å². The lowest BCUT2D eigenvalue weighted by Crippen LogP contribution is -2.40. The van der Waals surface area contributed by atoms with Crippen molar-refractivity contribution >= 4 is 17.4 Å². The molecule has 1 aromatic rings. The van der Waals surface area contributed by atoms with Crippen molar-refractivity contribution in [3.8, 4) is 0 Å². The summed E-state index contributed by atoms with van der Waals surface area (Å²) in [6, 6.07) is 1.95. The SMILES string of the molecule is CC1CN(c2ccncn2)CCC1Cl. The van der Waals surface area contributed by atoms with Crippen LogP contribution in [0.4, 0.5) is 5.82 Å². The van der Waals surface area contributed by atoms with Gasteiger partial charge in [-0.15, -0.1) is 11.6 Å². The summed E-state index contributed by atoms with van der Waals surface area (Å²) < 4.78 is 0. The van der Waals surface area contributed by atoms with E-state index in [2.05, 4.69) is 21.8 Å². The summed E-state index contributed by atoms with van der Waals surface area (Å²) in [5, 5.41) is 0.313. The van der Waals surface area contributed by atoms with E-state index in [-0.39, 0.29) is 0 Å². The Morgan fingerprint density at radius 3 is 3.07 bits per heavy atom. The first-order valence-electron chi connectivity index (χ1n) is 4.92. The van der Waals surface area contributed by atoms with Crippen molar-refractivity contribution in [1.82, 2.24) is 9.97 Å². The first-order valence-corrected chi connectivity index (χ1v) is 5.36. The summed E-state index contributed by atoms with van der Waals surface area (Å²) in [6.45, 7) is 4.17. The van der Waals surface area contributed by atoms with Gasteiger partial charge in [0.1, 0.15) is 12.1 Å². The molecule has 2 unspecified atom stereocenters. The van der Waals surface area contributed by atoms with Crippen LogP contribution in [0.2, 0.25) is 0 Å². The predicted octanol–water partition coefficient (Wildman–Crippen LogP) is 1.93.